The first-order chi connectivity index (χ1) is 8.41. The Morgan fingerprint density at radius 3 is 2.72 bits per heavy atom. The van der Waals surface area contributed by atoms with Crippen LogP contribution in [0.2, 0.25) is 0 Å². The summed E-state index contributed by atoms with van der Waals surface area (Å²) in [5, 5.41) is 2.91. The van der Waals surface area contributed by atoms with Crippen LogP contribution in [0.3, 0.4) is 0 Å². The van der Waals surface area contributed by atoms with E-state index in [0.29, 0.717) is 5.82 Å². The standard InChI is InChI=1S/C11H10F3N3O/c1-15-5-9-16-8-4-6(11(12,13)14)2-3-7(8)10(18)17-9/h2-4,15H,5H2,1H3,(H,16,17,18). The van der Waals surface area contributed by atoms with E-state index >= 15 is 0 Å². The number of hydrogen-bond donors (Lipinski definition) is 2. The van der Waals surface area contributed by atoms with Crippen molar-refractivity contribution in [3.05, 3.63) is 39.9 Å². The Bertz CT molecular complexity index is 633. The maximum absolute atomic E-state index is 12.5. The molecule has 1 aromatic carbocycles. The van der Waals surface area contributed by atoms with E-state index in [4.69, 9.17) is 0 Å². The van der Waals surface area contributed by atoms with Crippen molar-refractivity contribution in [3.63, 3.8) is 0 Å². The number of fused-ring (bicyclic) bond motifs is 1. The predicted molar refractivity (Wildman–Crippen MR) is 60.1 cm³/mol. The molecule has 0 fully saturated rings. The summed E-state index contributed by atoms with van der Waals surface area (Å²) in [6, 6.07) is 2.88. The van der Waals surface area contributed by atoms with Gasteiger partial charge in [0.2, 0.25) is 0 Å². The van der Waals surface area contributed by atoms with Crippen molar-refractivity contribution in [2.45, 2.75) is 12.7 Å². The lowest BCUT2D eigenvalue weighted by atomic mass is 10.1. The molecule has 2 aromatic rings. The summed E-state index contributed by atoms with van der Waals surface area (Å²) in [5.41, 5.74) is -1.22. The van der Waals surface area contributed by atoms with Crippen molar-refractivity contribution in [3.8, 4) is 0 Å². The van der Waals surface area contributed by atoms with Crippen molar-refractivity contribution in [1.82, 2.24) is 15.3 Å². The third-order valence-electron chi connectivity index (χ3n) is 2.43. The fourth-order valence-corrected chi connectivity index (χ4v) is 1.62. The lowest BCUT2D eigenvalue weighted by molar-refractivity contribution is -0.137. The Labute approximate surface area is 99.9 Å². The highest BCUT2D eigenvalue weighted by Crippen LogP contribution is 2.30. The predicted octanol–water partition coefficient (Wildman–Crippen LogP) is 1.66. The highest BCUT2D eigenvalue weighted by molar-refractivity contribution is 5.78. The van der Waals surface area contributed by atoms with Gasteiger partial charge < -0.3 is 10.3 Å². The number of hydrogen-bond acceptors (Lipinski definition) is 3. The molecule has 0 saturated heterocycles. The summed E-state index contributed by atoms with van der Waals surface area (Å²) in [5.74, 6) is 0.300. The number of rotatable bonds is 2. The quantitative estimate of drug-likeness (QED) is 0.860. The van der Waals surface area contributed by atoms with E-state index < -0.39 is 17.3 Å². The molecule has 0 amide bonds. The van der Waals surface area contributed by atoms with Gasteiger partial charge in [-0.05, 0) is 25.2 Å². The van der Waals surface area contributed by atoms with Crippen LogP contribution in [0.25, 0.3) is 10.9 Å². The third kappa shape index (κ3) is 2.35. The highest BCUT2D eigenvalue weighted by Gasteiger charge is 2.30. The van der Waals surface area contributed by atoms with Crippen molar-refractivity contribution in [1.29, 1.82) is 0 Å². The molecule has 0 aliphatic rings. The Balaban J connectivity index is 2.64. The first-order valence-electron chi connectivity index (χ1n) is 5.16. The van der Waals surface area contributed by atoms with Gasteiger partial charge in [0.1, 0.15) is 5.82 Å². The van der Waals surface area contributed by atoms with Crippen LogP contribution in [-0.4, -0.2) is 17.0 Å². The molecular formula is C11H10F3N3O. The maximum Gasteiger partial charge on any atom is 0.416 e. The Morgan fingerprint density at radius 1 is 1.39 bits per heavy atom. The first kappa shape index (κ1) is 12.6. The Hall–Kier alpha value is -1.89. The van der Waals surface area contributed by atoms with E-state index in [-0.39, 0.29) is 17.4 Å². The molecule has 0 saturated carbocycles. The molecule has 1 aromatic heterocycles. The van der Waals surface area contributed by atoms with Gasteiger partial charge in [0.05, 0.1) is 23.0 Å². The number of H-pyrrole nitrogens is 1. The molecule has 4 nitrogen and oxygen atoms in total. The SMILES string of the molecule is CNCc1nc2cc(C(F)(F)F)ccc2c(=O)[nH]1. The van der Waals surface area contributed by atoms with Gasteiger partial charge in [0, 0.05) is 0 Å². The van der Waals surface area contributed by atoms with Gasteiger partial charge in [0.25, 0.3) is 5.56 Å². The minimum absolute atomic E-state index is 0.0406. The average molecular weight is 257 g/mol. The topological polar surface area (TPSA) is 57.8 Å². The van der Waals surface area contributed by atoms with Crippen LogP contribution < -0.4 is 10.9 Å². The maximum atomic E-state index is 12.5. The number of nitrogens with zero attached hydrogens (tertiary/aromatic N) is 1. The second-order valence-electron chi connectivity index (χ2n) is 3.77. The summed E-state index contributed by atoms with van der Waals surface area (Å²) in [6.45, 7) is 0.279. The number of nitrogens with one attached hydrogen (secondary N) is 2. The zero-order chi connectivity index (χ0) is 13.3. The molecule has 0 aliphatic heterocycles. The molecule has 0 bridgehead atoms. The van der Waals surface area contributed by atoms with Crippen LogP contribution in [0.15, 0.2) is 23.0 Å². The largest absolute Gasteiger partial charge is 0.416 e. The molecule has 2 N–H and O–H groups in total. The minimum Gasteiger partial charge on any atom is -0.313 e. The van der Waals surface area contributed by atoms with Crippen molar-refractivity contribution >= 4 is 10.9 Å². The number of aromatic nitrogens is 2. The Kier molecular flexibility index (Phi) is 3.08. The third-order valence-corrected chi connectivity index (χ3v) is 2.43. The average Bonchev–Trinajstić information content (AvgIpc) is 2.27. The van der Waals surface area contributed by atoms with Crippen LogP contribution in [0.4, 0.5) is 13.2 Å². The molecule has 2 rings (SSSR count). The van der Waals surface area contributed by atoms with E-state index in [0.717, 1.165) is 18.2 Å². The number of aromatic amines is 1. The lowest BCUT2D eigenvalue weighted by Crippen LogP contribution is -2.17. The fraction of sp³-hybridized carbons (Fsp3) is 0.273. The monoisotopic (exact) mass is 257 g/mol. The second-order valence-corrected chi connectivity index (χ2v) is 3.77. The molecule has 96 valence electrons. The molecule has 0 atom stereocenters. The van der Waals surface area contributed by atoms with Crippen LogP contribution in [0.5, 0.6) is 0 Å². The lowest BCUT2D eigenvalue weighted by Gasteiger charge is -2.07. The summed E-state index contributed by atoms with van der Waals surface area (Å²) in [6.07, 6.45) is -4.44. The van der Waals surface area contributed by atoms with Gasteiger partial charge in [0.15, 0.2) is 0 Å². The molecule has 0 unspecified atom stereocenters. The molecule has 18 heavy (non-hydrogen) atoms. The summed E-state index contributed by atoms with van der Waals surface area (Å²) >= 11 is 0. The van der Waals surface area contributed by atoms with Gasteiger partial charge in [-0.15, -0.1) is 0 Å². The first-order valence-corrected chi connectivity index (χ1v) is 5.16. The van der Waals surface area contributed by atoms with Gasteiger partial charge in [-0.1, -0.05) is 0 Å². The molecular weight excluding hydrogens is 247 g/mol. The van der Waals surface area contributed by atoms with E-state index in [2.05, 4.69) is 15.3 Å². The van der Waals surface area contributed by atoms with Crippen LogP contribution in [0, 0.1) is 0 Å². The molecule has 0 radical (unpaired) electrons. The van der Waals surface area contributed by atoms with Gasteiger partial charge in [-0.25, -0.2) is 4.98 Å². The van der Waals surface area contributed by atoms with E-state index in [1.807, 2.05) is 0 Å². The molecule has 0 aliphatic carbocycles. The zero-order valence-electron chi connectivity index (χ0n) is 9.43. The number of benzene rings is 1. The minimum atomic E-state index is -4.44. The van der Waals surface area contributed by atoms with Crippen LogP contribution >= 0.6 is 0 Å². The zero-order valence-corrected chi connectivity index (χ0v) is 9.43. The molecule has 7 heteroatoms. The van der Waals surface area contributed by atoms with Gasteiger partial charge >= 0.3 is 6.18 Å². The van der Waals surface area contributed by atoms with Crippen LogP contribution in [-0.2, 0) is 12.7 Å². The van der Waals surface area contributed by atoms with Crippen LogP contribution in [0.1, 0.15) is 11.4 Å². The van der Waals surface area contributed by atoms with Crippen molar-refractivity contribution in [2.75, 3.05) is 7.05 Å². The number of halogens is 3. The number of alkyl halides is 3. The molecule has 1 heterocycles. The second kappa shape index (κ2) is 4.41. The normalized spacial score (nSPS) is 12.0. The van der Waals surface area contributed by atoms with Gasteiger partial charge in [-0.3, -0.25) is 4.79 Å². The molecule has 0 spiro atoms. The summed E-state index contributed by atoms with van der Waals surface area (Å²) < 4.78 is 37.6. The van der Waals surface area contributed by atoms with Crippen molar-refractivity contribution in [2.24, 2.45) is 0 Å². The summed E-state index contributed by atoms with van der Waals surface area (Å²) in [7, 11) is 1.65. The van der Waals surface area contributed by atoms with E-state index in [9.17, 15) is 18.0 Å². The smallest absolute Gasteiger partial charge is 0.313 e. The summed E-state index contributed by atoms with van der Waals surface area (Å²) in [4.78, 5) is 18.1. The van der Waals surface area contributed by atoms with E-state index in [1.54, 1.807) is 7.05 Å². The Morgan fingerprint density at radius 2 is 2.11 bits per heavy atom. The van der Waals surface area contributed by atoms with Gasteiger partial charge in [-0.2, -0.15) is 13.2 Å². The highest BCUT2D eigenvalue weighted by atomic mass is 19.4. The van der Waals surface area contributed by atoms with Crippen molar-refractivity contribution < 1.29 is 13.2 Å². The van der Waals surface area contributed by atoms with E-state index in [1.165, 1.54) is 0 Å². The fourth-order valence-electron chi connectivity index (χ4n) is 1.62.